The number of hydrogen-bond donors (Lipinski definition) is 0. The number of nitrogens with zero attached hydrogens (tertiary/aromatic N) is 2. The summed E-state index contributed by atoms with van der Waals surface area (Å²) in [6.45, 7) is 4.65. The fourth-order valence-electron chi connectivity index (χ4n) is 3.04. The molecule has 124 valence electrons. The van der Waals surface area contributed by atoms with Crippen LogP contribution < -0.4 is 0 Å². The van der Waals surface area contributed by atoms with Gasteiger partial charge in [-0.25, -0.2) is 8.42 Å². The molecule has 6 nitrogen and oxygen atoms in total. The van der Waals surface area contributed by atoms with Crippen molar-refractivity contribution in [1.82, 2.24) is 9.21 Å². The van der Waals surface area contributed by atoms with Gasteiger partial charge in [0.15, 0.2) is 0 Å². The van der Waals surface area contributed by atoms with Crippen molar-refractivity contribution in [2.24, 2.45) is 0 Å². The molecule has 1 aromatic heterocycles. The minimum absolute atomic E-state index is 0.367. The van der Waals surface area contributed by atoms with Gasteiger partial charge in [0, 0.05) is 32.7 Å². The summed E-state index contributed by atoms with van der Waals surface area (Å²) in [6, 6.07) is 2.12. The maximum atomic E-state index is 11.9. The van der Waals surface area contributed by atoms with Gasteiger partial charge in [0.25, 0.3) is 0 Å². The van der Waals surface area contributed by atoms with Crippen LogP contribution in [0.2, 0.25) is 0 Å². The molecule has 2 aliphatic heterocycles. The molecule has 0 amide bonds. The Bertz CT molecular complexity index is 590. The topological polar surface area (TPSA) is 59.1 Å². The Morgan fingerprint density at radius 2 is 2.18 bits per heavy atom. The van der Waals surface area contributed by atoms with Crippen molar-refractivity contribution >= 4 is 21.4 Å². The molecule has 2 aliphatic rings. The van der Waals surface area contributed by atoms with Crippen molar-refractivity contribution in [2.75, 3.05) is 52.3 Å². The van der Waals surface area contributed by atoms with Crippen LogP contribution in [-0.4, -0.2) is 75.5 Å². The predicted octanol–water partition coefficient (Wildman–Crippen LogP) is 0.611. The molecule has 0 radical (unpaired) electrons. The minimum atomic E-state index is -3.24. The van der Waals surface area contributed by atoms with Crippen molar-refractivity contribution in [1.29, 1.82) is 0 Å². The summed E-state index contributed by atoms with van der Waals surface area (Å²) in [7, 11) is -3.24. The van der Waals surface area contributed by atoms with E-state index in [2.05, 4.69) is 21.7 Å². The molecule has 1 aromatic rings. The number of sulfonamides is 1. The zero-order valence-electron chi connectivity index (χ0n) is 12.7. The second-order valence-corrected chi connectivity index (χ2v) is 8.79. The number of thiophene rings is 1. The zero-order chi connectivity index (χ0) is 15.6. The lowest BCUT2D eigenvalue weighted by Gasteiger charge is -2.43. The van der Waals surface area contributed by atoms with Gasteiger partial charge in [-0.2, -0.15) is 15.6 Å². The molecule has 0 aromatic carbocycles. The molecule has 8 heteroatoms. The predicted molar refractivity (Wildman–Crippen MR) is 85.5 cm³/mol. The molecule has 0 aliphatic carbocycles. The largest absolute Gasteiger partial charge is 0.377 e. The first-order valence-corrected chi connectivity index (χ1v) is 10.2. The average molecular weight is 346 g/mol. The number of rotatable bonds is 3. The Morgan fingerprint density at radius 1 is 1.32 bits per heavy atom. The minimum Gasteiger partial charge on any atom is -0.377 e. The van der Waals surface area contributed by atoms with Crippen molar-refractivity contribution in [3.8, 4) is 0 Å². The van der Waals surface area contributed by atoms with Gasteiger partial charge in [0.2, 0.25) is 10.0 Å². The Balaban J connectivity index is 1.72. The summed E-state index contributed by atoms with van der Waals surface area (Å²) < 4.78 is 36.9. The van der Waals surface area contributed by atoms with Gasteiger partial charge in [-0.1, -0.05) is 0 Å². The van der Waals surface area contributed by atoms with Crippen molar-refractivity contribution in [2.45, 2.75) is 12.1 Å². The molecular formula is C14H22N2O4S2. The van der Waals surface area contributed by atoms with E-state index in [0.29, 0.717) is 39.5 Å². The number of morpholine rings is 1. The summed E-state index contributed by atoms with van der Waals surface area (Å²) >= 11 is 1.69. The Labute approximate surface area is 135 Å². The Kier molecular flexibility index (Phi) is 4.86. The summed E-state index contributed by atoms with van der Waals surface area (Å²) in [6.07, 6.45) is 1.25. The van der Waals surface area contributed by atoms with Crippen molar-refractivity contribution in [3.63, 3.8) is 0 Å². The van der Waals surface area contributed by atoms with Crippen LogP contribution in [0.3, 0.4) is 0 Å². The highest BCUT2D eigenvalue weighted by Gasteiger charge is 2.42. The highest BCUT2D eigenvalue weighted by atomic mass is 32.2. The van der Waals surface area contributed by atoms with Gasteiger partial charge < -0.3 is 9.47 Å². The van der Waals surface area contributed by atoms with E-state index < -0.39 is 15.6 Å². The highest BCUT2D eigenvalue weighted by molar-refractivity contribution is 7.88. The van der Waals surface area contributed by atoms with Crippen LogP contribution >= 0.6 is 11.3 Å². The summed E-state index contributed by atoms with van der Waals surface area (Å²) in [4.78, 5) is 2.32. The van der Waals surface area contributed by atoms with E-state index in [9.17, 15) is 8.42 Å². The van der Waals surface area contributed by atoms with Crippen LogP contribution in [0.4, 0.5) is 0 Å². The molecule has 0 saturated carbocycles. The molecule has 22 heavy (non-hydrogen) atoms. The Morgan fingerprint density at radius 3 is 2.91 bits per heavy atom. The molecule has 1 spiro atoms. The monoisotopic (exact) mass is 346 g/mol. The first-order chi connectivity index (χ1) is 10.5. The van der Waals surface area contributed by atoms with Crippen molar-refractivity contribution < 1.29 is 17.9 Å². The first-order valence-electron chi connectivity index (χ1n) is 7.37. The molecular weight excluding hydrogens is 324 g/mol. The van der Waals surface area contributed by atoms with Crippen molar-refractivity contribution in [3.05, 3.63) is 22.4 Å². The lowest BCUT2D eigenvalue weighted by molar-refractivity contribution is -0.139. The third-order valence-corrected chi connectivity index (χ3v) is 6.08. The molecule has 0 unspecified atom stereocenters. The summed E-state index contributed by atoms with van der Waals surface area (Å²) in [5.41, 5.74) is 0.727. The van der Waals surface area contributed by atoms with E-state index in [4.69, 9.17) is 9.47 Å². The fraction of sp³-hybridized carbons (Fsp3) is 0.714. The van der Waals surface area contributed by atoms with Gasteiger partial charge in [-0.05, 0) is 22.4 Å². The SMILES string of the molecule is CS(=O)(=O)N1CCOC[C@@]2(CN(Cc3ccsc3)CCO2)C1. The fourth-order valence-corrected chi connectivity index (χ4v) is 4.57. The second-order valence-electron chi connectivity index (χ2n) is 6.02. The van der Waals surface area contributed by atoms with Gasteiger partial charge in [0.05, 0.1) is 26.1 Å². The molecule has 0 N–H and O–H groups in total. The van der Waals surface area contributed by atoms with E-state index in [1.807, 2.05) is 0 Å². The molecule has 3 rings (SSSR count). The highest BCUT2D eigenvalue weighted by Crippen LogP contribution is 2.25. The third kappa shape index (κ3) is 3.87. The van der Waals surface area contributed by atoms with Crippen LogP contribution in [-0.2, 0) is 26.0 Å². The van der Waals surface area contributed by atoms with E-state index in [1.165, 1.54) is 16.1 Å². The van der Waals surface area contributed by atoms with Gasteiger partial charge in [-0.15, -0.1) is 0 Å². The van der Waals surface area contributed by atoms with Crippen LogP contribution in [0.15, 0.2) is 16.8 Å². The third-order valence-electron chi connectivity index (χ3n) is 4.10. The molecule has 1 atom stereocenters. The van der Waals surface area contributed by atoms with Gasteiger partial charge in [0.1, 0.15) is 5.60 Å². The van der Waals surface area contributed by atoms with Crippen LogP contribution in [0.1, 0.15) is 5.56 Å². The van der Waals surface area contributed by atoms with E-state index in [1.54, 1.807) is 11.3 Å². The lowest BCUT2D eigenvalue weighted by atomic mass is 10.0. The van der Waals surface area contributed by atoms with E-state index >= 15 is 0 Å². The summed E-state index contributed by atoms with van der Waals surface area (Å²) in [5.74, 6) is 0. The van der Waals surface area contributed by atoms with E-state index in [0.717, 1.165) is 13.1 Å². The molecule has 0 bridgehead atoms. The lowest BCUT2D eigenvalue weighted by Crippen LogP contribution is -2.58. The number of ether oxygens (including phenoxy) is 2. The van der Waals surface area contributed by atoms with E-state index in [-0.39, 0.29) is 0 Å². The van der Waals surface area contributed by atoms with Crippen LogP contribution in [0.25, 0.3) is 0 Å². The van der Waals surface area contributed by atoms with Crippen LogP contribution in [0.5, 0.6) is 0 Å². The maximum absolute atomic E-state index is 11.9. The molecule has 2 saturated heterocycles. The molecule has 2 fully saturated rings. The van der Waals surface area contributed by atoms with Crippen LogP contribution in [0, 0.1) is 0 Å². The van der Waals surface area contributed by atoms with Gasteiger partial charge >= 0.3 is 0 Å². The standard InChI is InChI=1S/C14H22N2O4S2/c1-22(17,18)16-4-5-19-12-14(11-16)10-15(3-6-20-14)8-13-2-7-21-9-13/h2,7,9H,3-6,8,10-12H2,1H3/t14-/m1/s1. The average Bonchev–Trinajstić information content (AvgIpc) is 2.86. The first kappa shape index (κ1) is 16.4. The second kappa shape index (κ2) is 6.54. The Hall–Kier alpha value is -0.510. The quantitative estimate of drug-likeness (QED) is 0.803. The normalized spacial score (nSPS) is 28.8. The zero-order valence-corrected chi connectivity index (χ0v) is 14.4. The molecule has 3 heterocycles. The summed E-state index contributed by atoms with van der Waals surface area (Å²) in [5, 5.41) is 4.22. The number of hydrogen-bond acceptors (Lipinski definition) is 6. The van der Waals surface area contributed by atoms with Gasteiger partial charge in [-0.3, -0.25) is 4.90 Å². The smallest absolute Gasteiger partial charge is 0.211 e. The maximum Gasteiger partial charge on any atom is 0.211 e.